The first-order valence-corrected chi connectivity index (χ1v) is 9.09. The van der Waals surface area contributed by atoms with Crippen LogP contribution in [0.25, 0.3) is 0 Å². The highest BCUT2D eigenvalue weighted by atomic mass is 32.2. The van der Waals surface area contributed by atoms with E-state index >= 15 is 0 Å². The van der Waals surface area contributed by atoms with E-state index in [4.69, 9.17) is 4.74 Å². The second kappa shape index (κ2) is 7.15. The van der Waals surface area contributed by atoms with Gasteiger partial charge in [-0.2, -0.15) is 0 Å². The number of amides is 1. The van der Waals surface area contributed by atoms with Crippen LogP contribution in [0.2, 0.25) is 0 Å². The zero-order valence-corrected chi connectivity index (χ0v) is 15.2. The number of para-hydroxylation sites is 1. The summed E-state index contributed by atoms with van der Waals surface area (Å²) >= 11 is 1.44. The number of fused-ring (bicyclic) bond motifs is 1. The Labute approximate surface area is 151 Å². The Bertz CT molecular complexity index is 842. The van der Waals surface area contributed by atoms with E-state index in [1.807, 2.05) is 30.5 Å². The summed E-state index contributed by atoms with van der Waals surface area (Å²) in [6.45, 7) is 0. The van der Waals surface area contributed by atoms with Gasteiger partial charge in [0.05, 0.1) is 13.0 Å². The minimum atomic E-state index is -0.418. The quantitative estimate of drug-likeness (QED) is 0.604. The molecule has 2 aromatic carbocycles. The van der Waals surface area contributed by atoms with Crippen molar-refractivity contribution in [1.82, 2.24) is 0 Å². The fraction of sp³-hybridized carbons (Fsp3) is 0.200. The van der Waals surface area contributed by atoms with Gasteiger partial charge in [-0.1, -0.05) is 18.2 Å². The van der Waals surface area contributed by atoms with Crippen molar-refractivity contribution in [3.63, 3.8) is 0 Å². The van der Waals surface area contributed by atoms with Crippen LogP contribution < -0.4 is 9.64 Å². The number of carbonyl (C=O) groups is 2. The van der Waals surface area contributed by atoms with E-state index in [9.17, 15) is 9.59 Å². The molecule has 0 spiro atoms. The molecule has 25 heavy (non-hydrogen) atoms. The molecule has 1 aliphatic rings. The predicted molar refractivity (Wildman–Crippen MR) is 102 cm³/mol. The van der Waals surface area contributed by atoms with Crippen molar-refractivity contribution >= 4 is 29.1 Å². The molecule has 1 heterocycles. The summed E-state index contributed by atoms with van der Waals surface area (Å²) in [7, 11) is 3.35. The Balaban J connectivity index is 1.95. The van der Waals surface area contributed by atoms with Gasteiger partial charge in [0.2, 0.25) is 5.91 Å². The molecule has 5 heteroatoms. The van der Waals surface area contributed by atoms with Crippen molar-refractivity contribution in [3.8, 4) is 5.75 Å². The second-order valence-corrected chi connectivity index (χ2v) is 6.61. The minimum Gasteiger partial charge on any atom is -0.497 e. The zero-order chi connectivity index (χ0) is 18.0. The van der Waals surface area contributed by atoms with Crippen LogP contribution >= 0.6 is 11.8 Å². The Morgan fingerprint density at radius 3 is 2.48 bits per heavy atom. The first-order chi connectivity index (χ1) is 12.1. The van der Waals surface area contributed by atoms with Crippen LogP contribution in [0.15, 0.2) is 59.5 Å². The van der Waals surface area contributed by atoms with Crippen LogP contribution in [0.4, 0.5) is 5.69 Å². The number of carbonyl (C=O) groups excluding carboxylic acids is 2. The third kappa shape index (κ3) is 3.20. The van der Waals surface area contributed by atoms with Crippen LogP contribution in [-0.2, 0) is 4.79 Å². The molecule has 0 aromatic heterocycles. The molecule has 0 fully saturated rings. The molecule has 2 aromatic rings. The molecular formula is C20H19NO3S. The van der Waals surface area contributed by atoms with Gasteiger partial charge in [-0.05, 0) is 48.2 Å². The van der Waals surface area contributed by atoms with Crippen LogP contribution in [0.5, 0.6) is 5.75 Å². The maximum Gasteiger partial charge on any atom is 0.239 e. The van der Waals surface area contributed by atoms with Gasteiger partial charge in [-0.15, -0.1) is 11.8 Å². The maximum atomic E-state index is 12.7. The van der Waals surface area contributed by atoms with Crippen molar-refractivity contribution in [2.75, 3.05) is 25.3 Å². The van der Waals surface area contributed by atoms with Gasteiger partial charge in [0.1, 0.15) is 5.75 Å². The number of nitrogens with zero attached hydrogens (tertiary/aromatic N) is 1. The summed E-state index contributed by atoms with van der Waals surface area (Å²) in [6.07, 6.45) is 3.46. The van der Waals surface area contributed by atoms with E-state index in [1.54, 1.807) is 49.4 Å². The molecule has 1 unspecified atom stereocenters. The van der Waals surface area contributed by atoms with E-state index in [-0.39, 0.29) is 11.7 Å². The first kappa shape index (κ1) is 17.3. The molecule has 0 aliphatic carbocycles. The highest BCUT2D eigenvalue weighted by molar-refractivity contribution is 8.02. The molecule has 1 aliphatic heterocycles. The molecule has 1 amide bonds. The Morgan fingerprint density at radius 1 is 1.16 bits per heavy atom. The normalized spacial score (nSPS) is 16.8. The van der Waals surface area contributed by atoms with Crippen LogP contribution in [0, 0.1) is 0 Å². The average molecular weight is 353 g/mol. The Hall–Kier alpha value is -2.53. The summed E-state index contributed by atoms with van der Waals surface area (Å²) < 4.78 is 5.12. The first-order valence-electron chi connectivity index (χ1n) is 7.87. The van der Waals surface area contributed by atoms with Gasteiger partial charge in [0, 0.05) is 23.2 Å². The van der Waals surface area contributed by atoms with E-state index in [2.05, 4.69) is 0 Å². The number of methoxy groups -OCH3 is 1. The standard InChI is InChI=1S/C20H19NO3S/c1-21-16-7-5-4-6-15(16)19(20(21)23)18(25-3)12-17(22)13-8-10-14(24-2)11-9-13/h4-12,19H,1-3H3/b18-12-. The highest BCUT2D eigenvalue weighted by Crippen LogP contribution is 2.43. The number of hydrogen-bond acceptors (Lipinski definition) is 4. The minimum absolute atomic E-state index is 0.00988. The lowest BCUT2D eigenvalue weighted by Crippen LogP contribution is -2.24. The van der Waals surface area contributed by atoms with Crippen molar-refractivity contribution < 1.29 is 14.3 Å². The number of thioether (sulfide) groups is 1. The van der Waals surface area contributed by atoms with Crippen LogP contribution in [0.1, 0.15) is 21.8 Å². The Morgan fingerprint density at radius 2 is 1.84 bits per heavy atom. The maximum absolute atomic E-state index is 12.7. The van der Waals surface area contributed by atoms with Gasteiger partial charge in [0.15, 0.2) is 5.78 Å². The lowest BCUT2D eigenvalue weighted by molar-refractivity contribution is -0.118. The van der Waals surface area contributed by atoms with Crippen molar-refractivity contribution in [2.24, 2.45) is 0 Å². The number of rotatable bonds is 5. The molecule has 0 saturated carbocycles. The second-order valence-electron chi connectivity index (χ2n) is 5.73. The molecule has 128 valence electrons. The number of likely N-dealkylation sites (N-methyl/N-ethyl adjacent to an activating group) is 1. The van der Waals surface area contributed by atoms with Gasteiger partial charge in [-0.3, -0.25) is 9.59 Å². The zero-order valence-electron chi connectivity index (χ0n) is 14.4. The largest absolute Gasteiger partial charge is 0.497 e. The molecule has 0 radical (unpaired) electrons. The lowest BCUT2D eigenvalue weighted by Gasteiger charge is -2.13. The third-order valence-corrected chi connectivity index (χ3v) is 5.18. The van der Waals surface area contributed by atoms with Gasteiger partial charge < -0.3 is 9.64 Å². The predicted octanol–water partition coefficient (Wildman–Crippen LogP) is 3.89. The molecule has 3 rings (SSSR count). The number of hydrogen-bond donors (Lipinski definition) is 0. The fourth-order valence-corrected chi connectivity index (χ4v) is 3.67. The van der Waals surface area contributed by atoms with Crippen LogP contribution in [0.3, 0.4) is 0 Å². The number of benzene rings is 2. The SMILES string of the molecule is COc1ccc(C(=O)/C=C(\SC)C2C(=O)N(C)c3ccccc32)cc1. The highest BCUT2D eigenvalue weighted by Gasteiger charge is 2.37. The average Bonchev–Trinajstić information content (AvgIpc) is 2.91. The van der Waals surface area contributed by atoms with Crippen molar-refractivity contribution in [2.45, 2.75) is 5.92 Å². The molecular weight excluding hydrogens is 334 g/mol. The number of anilines is 1. The van der Waals surface area contributed by atoms with Gasteiger partial charge in [0.25, 0.3) is 0 Å². The summed E-state index contributed by atoms with van der Waals surface area (Å²) in [6, 6.07) is 14.7. The van der Waals surface area contributed by atoms with E-state index in [0.717, 1.165) is 16.2 Å². The smallest absolute Gasteiger partial charge is 0.239 e. The number of allylic oxidation sites excluding steroid dienone is 1. The van der Waals surface area contributed by atoms with Gasteiger partial charge >= 0.3 is 0 Å². The molecule has 0 saturated heterocycles. The molecule has 1 atom stereocenters. The van der Waals surface area contributed by atoms with Crippen molar-refractivity contribution in [3.05, 3.63) is 70.6 Å². The molecule has 0 N–H and O–H groups in total. The van der Waals surface area contributed by atoms with E-state index in [1.165, 1.54) is 11.8 Å². The topological polar surface area (TPSA) is 46.6 Å². The van der Waals surface area contributed by atoms with E-state index in [0.29, 0.717) is 11.3 Å². The lowest BCUT2D eigenvalue weighted by atomic mass is 9.98. The summed E-state index contributed by atoms with van der Waals surface area (Å²) in [5.41, 5.74) is 2.41. The van der Waals surface area contributed by atoms with Gasteiger partial charge in [-0.25, -0.2) is 0 Å². The Kier molecular flexibility index (Phi) is 4.95. The van der Waals surface area contributed by atoms with E-state index < -0.39 is 5.92 Å². The number of ketones is 1. The third-order valence-electron chi connectivity index (χ3n) is 4.35. The van der Waals surface area contributed by atoms with Crippen molar-refractivity contribution in [1.29, 1.82) is 0 Å². The fourth-order valence-electron chi connectivity index (χ4n) is 2.99. The molecule has 4 nitrogen and oxygen atoms in total. The summed E-state index contributed by atoms with van der Waals surface area (Å²) in [5, 5.41) is 0. The van der Waals surface area contributed by atoms with Crippen LogP contribution in [-0.4, -0.2) is 32.1 Å². The summed E-state index contributed by atoms with van der Waals surface area (Å²) in [4.78, 5) is 27.7. The summed E-state index contributed by atoms with van der Waals surface area (Å²) in [5.74, 6) is 0.154. The number of ether oxygens (including phenoxy) is 1. The monoisotopic (exact) mass is 353 g/mol. The molecule has 0 bridgehead atoms.